The first kappa shape index (κ1) is 13.6. The molecule has 0 saturated carbocycles. The Bertz CT molecular complexity index is 192. The van der Waals surface area contributed by atoms with E-state index in [2.05, 4.69) is 15.9 Å². The van der Waals surface area contributed by atoms with Crippen molar-refractivity contribution in [3.63, 3.8) is 0 Å². The Morgan fingerprint density at radius 3 is 2.36 bits per heavy atom. The van der Waals surface area contributed by atoms with E-state index < -0.39 is 0 Å². The van der Waals surface area contributed by atoms with Gasteiger partial charge in [0.2, 0.25) is 0 Å². The van der Waals surface area contributed by atoms with Gasteiger partial charge in [-0.25, -0.2) is 0 Å². The zero-order valence-corrected chi connectivity index (χ0v) is 10.3. The second-order valence-corrected chi connectivity index (χ2v) is 4.48. The maximum absolute atomic E-state index is 11.0. The maximum Gasteiger partial charge on any atom is 0.305 e. The number of rotatable bonds is 7. The standard InChI is InChI=1S/C10H17BrO3/c1-3-14-10(13)7-6-9(11)5-4-8(2)12/h9H,3-7H2,1-2H3. The van der Waals surface area contributed by atoms with Crippen molar-refractivity contribution < 1.29 is 14.3 Å². The third kappa shape index (κ3) is 8.23. The summed E-state index contributed by atoms with van der Waals surface area (Å²) in [6.45, 7) is 3.80. The molecule has 4 heteroatoms. The molecule has 0 aliphatic heterocycles. The normalized spacial score (nSPS) is 12.2. The molecule has 0 heterocycles. The predicted octanol–water partition coefficient (Wildman–Crippen LogP) is 2.46. The molecule has 0 aromatic carbocycles. The molecule has 0 amide bonds. The number of carbonyl (C=O) groups excluding carboxylic acids is 2. The van der Waals surface area contributed by atoms with Crippen LogP contribution in [0.2, 0.25) is 0 Å². The molecule has 0 aromatic heterocycles. The summed E-state index contributed by atoms with van der Waals surface area (Å²) in [4.78, 5) is 21.9. The Balaban J connectivity index is 3.48. The van der Waals surface area contributed by atoms with E-state index >= 15 is 0 Å². The molecule has 1 atom stereocenters. The van der Waals surface area contributed by atoms with Gasteiger partial charge in [-0.3, -0.25) is 4.79 Å². The van der Waals surface area contributed by atoms with Crippen molar-refractivity contribution in [3.05, 3.63) is 0 Å². The van der Waals surface area contributed by atoms with Crippen LogP contribution in [0.25, 0.3) is 0 Å². The first-order valence-corrected chi connectivity index (χ1v) is 5.77. The molecule has 0 aliphatic rings. The van der Waals surface area contributed by atoms with Gasteiger partial charge >= 0.3 is 5.97 Å². The smallest absolute Gasteiger partial charge is 0.305 e. The van der Waals surface area contributed by atoms with Crippen LogP contribution in [0.5, 0.6) is 0 Å². The van der Waals surface area contributed by atoms with Crippen LogP contribution < -0.4 is 0 Å². The van der Waals surface area contributed by atoms with Crippen LogP contribution in [0.15, 0.2) is 0 Å². The fourth-order valence-corrected chi connectivity index (χ4v) is 1.47. The molecule has 0 rings (SSSR count). The number of halogens is 1. The van der Waals surface area contributed by atoms with Crippen molar-refractivity contribution in [1.29, 1.82) is 0 Å². The average Bonchev–Trinajstić information content (AvgIpc) is 2.12. The van der Waals surface area contributed by atoms with Gasteiger partial charge in [-0.05, 0) is 26.7 Å². The molecule has 82 valence electrons. The maximum atomic E-state index is 11.0. The van der Waals surface area contributed by atoms with E-state index in [0.717, 1.165) is 12.8 Å². The van der Waals surface area contributed by atoms with Gasteiger partial charge in [0.15, 0.2) is 0 Å². The number of alkyl halides is 1. The second-order valence-electron chi connectivity index (χ2n) is 3.18. The van der Waals surface area contributed by atoms with Crippen LogP contribution in [-0.2, 0) is 14.3 Å². The van der Waals surface area contributed by atoms with Crippen LogP contribution in [0.3, 0.4) is 0 Å². The minimum absolute atomic E-state index is 0.167. The molecule has 0 spiro atoms. The first-order chi connectivity index (χ1) is 6.56. The summed E-state index contributed by atoms with van der Waals surface area (Å²) in [5.41, 5.74) is 0. The number of hydrogen-bond acceptors (Lipinski definition) is 3. The summed E-state index contributed by atoms with van der Waals surface area (Å²) in [5, 5.41) is 0. The summed E-state index contributed by atoms with van der Waals surface area (Å²) in [6.07, 6.45) is 2.50. The highest BCUT2D eigenvalue weighted by atomic mass is 79.9. The van der Waals surface area contributed by atoms with Gasteiger partial charge in [-0.2, -0.15) is 0 Å². The Kier molecular flexibility index (Phi) is 7.76. The predicted molar refractivity (Wildman–Crippen MR) is 58.5 cm³/mol. The van der Waals surface area contributed by atoms with E-state index in [-0.39, 0.29) is 16.6 Å². The highest BCUT2D eigenvalue weighted by Crippen LogP contribution is 2.14. The lowest BCUT2D eigenvalue weighted by atomic mass is 10.1. The molecule has 3 nitrogen and oxygen atoms in total. The fourth-order valence-electron chi connectivity index (χ4n) is 1.01. The van der Waals surface area contributed by atoms with E-state index in [9.17, 15) is 9.59 Å². The number of esters is 1. The largest absolute Gasteiger partial charge is 0.466 e. The van der Waals surface area contributed by atoms with Crippen LogP contribution in [0, 0.1) is 0 Å². The van der Waals surface area contributed by atoms with E-state index in [0.29, 0.717) is 19.4 Å². The first-order valence-electron chi connectivity index (χ1n) is 4.85. The van der Waals surface area contributed by atoms with Gasteiger partial charge < -0.3 is 9.53 Å². The van der Waals surface area contributed by atoms with Crippen LogP contribution in [0.4, 0.5) is 0 Å². The van der Waals surface area contributed by atoms with Crippen LogP contribution in [-0.4, -0.2) is 23.2 Å². The van der Waals surface area contributed by atoms with Crippen molar-refractivity contribution in [2.24, 2.45) is 0 Å². The molecular formula is C10H17BrO3. The van der Waals surface area contributed by atoms with Gasteiger partial charge in [0, 0.05) is 17.7 Å². The van der Waals surface area contributed by atoms with Crippen molar-refractivity contribution in [2.75, 3.05) is 6.61 Å². The van der Waals surface area contributed by atoms with E-state index in [1.807, 2.05) is 0 Å². The number of Topliss-reactive ketones (excluding diaryl/α,β-unsaturated/α-hetero) is 1. The number of carbonyl (C=O) groups is 2. The summed E-state index contributed by atoms with van der Waals surface area (Å²) < 4.78 is 4.79. The minimum Gasteiger partial charge on any atom is -0.466 e. The average molecular weight is 265 g/mol. The molecule has 0 fully saturated rings. The topological polar surface area (TPSA) is 43.4 Å². The van der Waals surface area contributed by atoms with Gasteiger partial charge in [0.1, 0.15) is 5.78 Å². The molecule has 0 N–H and O–H groups in total. The lowest BCUT2D eigenvalue weighted by molar-refractivity contribution is -0.143. The molecule has 0 bridgehead atoms. The summed E-state index contributed by atoms with van der Waals surface area (Å²) in [6, 6.07) is 0. The molecule has 1 unspecified atom stereocenters. The van der Waals surface area contributed by atoms with Crippen LogP contribution >= 0.6 is 15.9 Å². The van der Waals surface area contributed by atoms with Gasteiger partial charge in [-0.1, -0.05) is 15.9 Å². The molecule has 0 saturated heterocycles. The molecule has 0 aromatic rings. The SMILES string of the molecule is CCOC(=O)CCC(Br)CCC(C)=O. The third-order valence-electron chi connectivity index (χ3n) is 1.78. The third-order valence-corrected chi connectivity index (χ3v) is 2.69. The Morgan fingerprint density at radius 2 is 1.86 bits per heavy atom. The molecule has 0 aliphatic carbocycles. The van der Waals surface area contributed by atoms with E-state index in [4.69, 9.17) is 4.74 Å². The van der Waals surface area contributed by atoms with Gasteiger partial charge in [0.25, 0.3) is 0 Å². The second kappa shape index (κ2) is 7.97. The zero-order chi connectivity index (χ0) is 11.0. The lowest BCUT2D eigenvalue weighted by Crippen LogP contribution is -2.08. The van der Waals surface area contributed by atoms with Crippen LogP contribution in [0.1, 0.15) is 39.5 Å². The highest BCUT2D eigenvalue weighted by molar-refractivity contribution is 9.09. The number of ketones is 1. The van der Waals surface area contributed by atoms with Crippen molar-refractivity contribution in [1.82, 2.24) is 0 Å². The Hall–Kier alpha value is -0.380. The Labute approximate surface area is 93.3 Å². The Morgan fingerprint density at radius 1 is 1.29 bits per heavy atom. The molecule has 0 radical (unpaired) electrons. The molecular weight excluding hydrogens is 248 g/mol. The summed E-state index contributed by atoms with van der Waals surface area (Å²) in [7, 11) is 0. The minimum atomic E-state index is -0.167. The van der Waals surface area contributed by atoms with Crippen molar-refractivity contribution in [3.8, 4) is 0 Å². The van der Waals surface area contributed by atoms with Crippen molar-refractivity contribution >= 4 is 27.7 Å². The quantitative estimate of drug-likeness (QED) is 0.524. The number of ether oxygens (including phenoxy) is 1. The number of hydrogen-bond donors (Lipinski definition) is 0. The zero-order valence-electron chi connectivity index (χ0n) is 8.72. The van der Waals surface area contributed by atoms with Gasteiger partial charge in [-0.15, -0.1) is 0 Å². The highest BCUT2D eigenvalue weighted by Gasteiger charge is 2.09. The molecule has 14 heavy (non-hydrogen) atoms. The van der Waals surface area contributed by atoms with E-state index in [1.165, 1.54) is 0 Å². The lowest BCUT2D eigenvalue weighted by Gasteiger charge is -2.07. The van der Waals surface area contributed by atoms with E-state index in [1.54, 1.807) is 13.8 Å². The monoisotopic (exact) mass is 264 g/mol. The van der Waals surface area contributed by atoms with Crippen molar-refractivity contribution in [2.45, 2.75) is 44.4 Å². The summed E-state index contributed by atoms with van der Waals surface area (Å²) >= 11 is 3.43. The van der Waals surface area contributed by atoms with Gasteiger partial charge in [0.05, 0.1) is 6.61 Å². The fraction of sp³-hybridized carbons (Fsp3) is 0.800. The summed E-state index contributed by atoms with van der Waals surface area (Å²) in [5.74, 6) is 0.0189.